The van der Waals surface area contributed by atoms with Gasteiger partial charge in [-0.2, -0.15) is 0 Å². The van der Waals surface area contributed by atoms with Gasteiger partial charge < -0.3 is 4.74 Å². The van der Waals surface area contributed by atoms with E-state index in [1.165, 1.54) is 11.6 Å². The van der Waals surface area contributed by atoms with Crippen LogP contribution in [-0.2, 0) is 14.3 Å². The molecule has 0 aromatic rings. The third-order valence-corrected chi connectivity index (χ3v) is 3.97. The topological polar surface area (TPSA) is 43.4 Å². The second kappa shape index (κ2) is 8.16. The van der Waals surface area contributed by atoms with Gasteiger partial charge in [-0.05, 0) is 43.6 Å². The van der Waals surface area contributed by atoms with Crippen molar-refractivity contribution in [2.45, 2.75) is 65.7 Å². The number of ketones is 1. The first-order valence-corrected chi connectivity index (χ1v) is 7.87. The molecule has 0 saturated heterocycles. The molecule has 0 unspecified atom stereocenters. The van der Waals surface area contributed by atoms with Crippen molar-refractivity contribution in [2.75, 3.05) is 6.61 Å². The van der Waals surface area contributed by atoms with Crippen LogP contribution >= 0.6 is 0 Å². The van der Waals surface area contributed by atoms with Crippen LogP contribution in [0.15, 0.2) is 23.8 Å². The van der Waals surface area contributed by atoms with Gasteiger partial charge in [-0.1, -0.05) is 38.8 Å². The highest BCUT2D eigenvalue weighted by Gasteiger charge is 2.30. The van der Waals surface area contributed by atoms with Gasteiger partial charge in [0.25, 0.3) is 0 Å². The number of rotatable bonds is 8. The second-order valence-corrected chi connectivity index (χ2v) is 6.74. The molecule has 0 aromatic heterocycles. The molecule has 0 spiro atoms. The summed E-state index contributed by atoms with van der Waals surface area (Å²) in [4.78, 5) is 23.0. The van der Waals surface area contributed by atoms with Crippen LogP contribution in [-0.4, -0.2) is 18.4 Å². The van der Waals surface area contributed by atoms with Crippen molar-refractivity contribution < 1.29 is 14.3 Å². The molecule has 1 rings (SSSR count). The van der Waals surface area contributed by atoms with Gasteiger partial charge >= 0.3 is 5.97 Å². The molecule has 0 amide bonds. The fourth-order valence-corrected chi connectivity index (χ4v) is 3.01. The molecule has 1 aliphatic carbocycles. The molecular formula is C18H28O3. The smallest absolute Gasteiger partial charge is 0.330 e. The van der Waals surface area contributed by atoms with Crippen LogP contribution in [0, 0.1) is 5.41 Å². The highest BCUT2D eigenvalue weighted by atomic mass is 16.5. The minimum atomic E-state index is -0.355. The lowest BCUT2D eigenvalue weighted by Gasteiger charge is -2.31. The first-order valence-electron chi connectivity index (χ1n) is 7.87. The van der Waals surface area contributed by atoms with Crippen molar-refractivity contribution in [1.29, 1.82) is 0 Å². The SMILES string of the molecule is C=CC(=O)OCCCCCCC1=C(C)CC(C)(C)CC1=O. The molecule has 0 atom stereocenters. The maximum Gasteiger partial charge on any atom is 0.330 e. The normalized spacial score (nSPS) is 17.8. The van der Waals surface area contributed by atoms with E-state index in [2.05, 4.69) is 27.4 Å². The molecule has 118 valence electrons. The average Bonchev–Trinajstić information content (AvgIpc) is 2.38. The molecule has 0 heterocycles. The van der Waals surface area contributed by atoms with Gasteiger partial charge in [0.15, 0.2) is 5.78 Å². The van der Waals surface area contributed by atoms with E-state index in [9.17, 15) is 9.59 Å². The van der Waals surface area contributed by atoms with E-state index in [-0.39, 0.29) is 11.4 Å². The average molecular weight is 292 g/mol. The Morgan fingerprint density at radius 1 is 1.24 bits per heavy atom. The van der Waals surface area contributed by atoms with Gasteiger partial charge in [0.1, 0.15) is 0 Å². The number of esters is 1. The number of carbonyl (C=O) groups is 2. The van der Waals surface area contributed by atoms with E-state index in [1.807, 2.05) is 0 Å². The Labute approximate surface area is 128 Å². The first-order chi connectivity index (χ1) is 9.85. The van der Waals surface area contributed by atoms with Crippen LogP contribution in [0.5, 0.6) is 0 Å². The zero-order chi connectivity index (χ0) is 15.9. The summed E-state index contributed by atoms with van der Waals surface area (Å²) in [6.45, 7) is 10.2. The predicted octanol–water partition coefficient (Wildman–Crippen LogP) is 4.37. The molecule has 21 heavy (non-hydrogen) atoms. The lowest BCUT2D eigenvalue weighted by Crippen LogP contribution is -2.25. The molecule has 0 aliphatic heterocycles. The van der Waals surface area contributed by atoms with Crippen LogP contribution < -0.4 is 0 Å². The second-order valence-electron chi connectivity index (χ2n) is 6.74. The first kappa shape index (κ1) is 17.7. The Balaban J connectivity index is 2.22. The summed E-state index contributed by atoms with van der Waals surface area (Å²) in [5.74, 6) is -0.0186. The van der Waals surface area contributed by atoms with Crippen molar-refractivity contribution in [3.8, 4) is 0 Å². The van der Waals surface area contributed by atoms with E-state index in [1.54, 1.807) is 0 Å². The van der Waals surface area contributed by atoms with E-state index >= 15 is 0 Å². The summed E-state index contributed by atoms with van der Waals surface area (Å²) in [7, 11) is 0. The Hall–Kier alpha value is -1.38. The molecule has 3 heteroatoms. The summed E-state index contributed by atoms with van der Waals surface area (Å²) >= 11 is 0. The molecule has 0 fully saturated rings. The van der Waals surface area contributed by atoms with Crippen molar-refractivity contribution in [3.05, 3.63) is 23.8 Å². The van der Waals surface area contributed by atoms with E-state index in [0.717, 1.165) is 44.1 Å². The molecule has 0 radical (unpaired) electrons. The Kier molecular flexibility index (Phi) is 6.86. The number of hydrogen-bond donors (Lipinski definition) is 0. The molecule has 3 nitrogen and oxygen atoms in total. The number of carbonyl (C=O) groups excluding carboxylic acids is 2. The summed E-state index contributed by atoms with van der Waals surface area (Å²) in [6, 6.07) is 0. The monoisotopic (exact) mass is 292 g/mol. The molecule has 0 saturated carbocycles. The Bertz CT molecular complexity index is 430. The van der Waals surface area contributed by atoms with Gasteiger partial charge in [0, 0.05) is 12.5 Å². The van der Waals surface area contributed by atoms with E-state index in [0.29, 0.717) is 18.8 Å². The standard InChI is InChI=1S/C18H28O3/c1-5-17(20)21-11-9-7-6-8-10-15-14(2)12-18(3,4)13-16(15)19/h5H,1,6-13H2,2-4H3. The summed E-state index contributed by atoms with van der Waals surface area (Å²) in [6.07, 6.45) is 7.80. The maximum atomic E-state index is 12.2. The molecule has 0 N–H and O–H groups in total. The maximum absolute atomic E-state index is 12.2. The number of unbranched alkanes of at least 4 members (excludes halogenated alkanes) is 3. The summed E-state index contributed by atoms with van der Waals surface area (Å²) in [5, 5.41) is 0. The van der Waals surface area contributed by atoms with E-state index in [4.69, 9.17) is 4.74 Å². The predicted molar refractivity (Wildman–Crippen MR) is 85.0 cm³/mol. The lowest BCUT2D eigenvalue weighted by atomic mass is 9.73. The van der Waals surface area contributed by atoms with Crippen LogP contribution in [0.1, 0.15) is 65.7 Å². The van der Waals surface area contributed by atoms with Gasteiger partial charge in [0.2, 0.25) is 0 Å². The zero-order valence-electron chi connectivity index (χ0n) is 13.7. The zero-order valence-corrected chi connectivity index (χ0v) is 13.7. The van der Waals surface area contributed by atoms with Crippen molar-refractivity contribution in [1.82, 2.24) is 0 Å². The third-order valence-electron chi connectivity index (χ3n) is 3.97. The number of hydrogen-bond acceptors (Lipinski definition) is 3. The Morgan fingerprint density at radius 2 is 1.90 bits per heavy atom. The van der Waals surface area contributed by atoms with Crippen LogP contribution in [0.4, 0.5) is 0 Å². The molecule has 0 aromatic carbocycles. The third kappa shape index (κ3) is 6.28. The van der Waals surface area contributed by atoms with Crippen molar-refractivity contribution >= 4 is 11.8 Å². The van der Waals surface area contributed by atoms with Crippen molar-refractivity contribution in [3.63, 3.8) is 0 Å². The molecular weight excluding hydrogens is 264 g/mol. The van der Waals surface area contributed by atoms with Gasteiger partial charge in [-0.25, -0.2) is 4.79 Å². The van der Waals surface area contributed by atoms with Crippen LogP contribution in [0.3, 0.4) is 0 Å². The minimum absolute atomic E-state index is 0.125. The van der Waals surface area contributed by atoms with Crippen molar-refractivity contribution in [2.24, 2.45) is 5.41 Å². The van der Waals surface area contributed by atoms with Crippen LogP contribution in [0.2, 0.25) is 0 Å². The van der Waals surface area contributed by atoms with Gasteiger partial charge in [0.05, 0.1) is 6.61 Å². The van der Waals surface area contributed by atoms with Gasteiger partial charge in [-0.3, -0.25) is 4.79 Å². The minimum Gasteiger partial charge on any atom is -0.463 e. The quantitative estimate of drug-likeness (QED) is 0.379. The highest BCUT2D eigenvalue weighted by Crippen LogP contribution is 2.37. The largest absolute Gasteiger partial charge is 0.463 e. The number of Topliss-reactive ketones (excluding diaryl/α,β-unsaturated/α-hetero) is 1. The Morgan fingerprint density at radius 3 is 2.52 bits per heavy atom. The highest BCUT2D eigenvalue weighted by molar-refractivity contribution is 5.97. The summed E-state index contributed by atoms with van der Waals surface area (Å²) < 4.78 is 4.92. The van der Waals surface area contributed by atoms with Crippen LogP contribution in [0.25, 0.3) is 0 Å². The number of ether oxygens (including phenoxy) is 1. The van der Waals surface area contributed by atoms with Gasteiger partial charge in [-0.15, -0.1) is 0 Å². The fraction of sp³-hybridized carbons (Fsp3) is 0.667. The number of allylic oxidation sites excluding steroid dienone is 2. The molecule has 0 bridgehead atoms. The summed E-state index contributed by atoms with van der Waals surface area (Å²) in [5.41, 5.74) is 2.46. The fourth-order valence-electron chi connectivity index (χ4n) is 3.01. The lowest BCUT2D eigenvalue weighted by molar-refractivity contribution is -0.137. The van der Waals surface area contributed by atoms with E-state index < -0.39 is 0 Å². The molecule has 1 aliphatic rings.